The van der Waals surface area contributed by atoms with E-state index in [0.717, 1.165) is 10.9 Å². The second-order valence-electron chi connectivity index (χ2n) is 8.35. The fourth-order valence-electron chi connectivity index (χ4n) is 4.91. The highest BCUT2D eigenvalue weighted by atomic mass is 79.9. The van der Waals surface area contributed by atoms with Crippen molar-refractivity contribution >= 4 is 27.3 Å². The molecule has 154 valence electrons. The molecule has 1 heterocycles. The van der Waals surface area contributed by atoms with E-state index in [1.54, 1.807) is 0 Å². The number of para-hydroxylation sites is 1. The van der Waals surface area contributed by atoms with Crippen LogP contribution < -0.4 is 4.90 Å². The van der Waals surface area contributed by atoms with Crippen LogP contribution in [0, 0.1) is 0 Å². The van der Waals surface area contributed by atoms with Gasteiger partial charge in [0.1, 0.15) is 0 Å². The minimum atomic E-state index is 0.399. The predicted octanol–water partition coefficient (Wildman–Crippen LogP) is 8.86. The van der Waals surface area contributed by atoms with Crippen molar-refractivity contribution in [2.24, 2.45) is 0 Å². The monoisotopic (exact) mass is 475 g/mol. The van der Waals surface area contributed by atoms with Gasteiger partial charge in [-0.05, 0) is 82.8 Å². The molecule has 0 spiro atoms. The van der Waals surface area contributed by atoms with E-state index in [2.05, 4.69) is 136 Å². The van der Waals surface area contributed by atoms with E-state index in [0.29, 0.717) is 5.92 Å². The van der Waals surface area contributed by atoms with Crippen molar-refractivity contribution in [1.29, 1.82) is 0 Å². The van der Waals surface area contributed by atoms with Gasteiger partial charge in [-0.15, -0.1) is 0 Å². The van der Waals surface area contributed by atoms with Gasteiger partial charge in [0, 0.05) is 27.5 Å². The Labute approximate surface area is 197 Å². The molecule has 1 aliphatic carbocycles. The summed E-state index contributed by atoms with van der Waals surface area (Å²) in [6.45, 7) is 0. The number of hydrogen-bond donors (Lipinski definition) is 0. The Balaban J connectivity index is 1.47. The first kappa shape index (κ1) is 19.3. The van der Waals surface area contributed by atoms with Gasteiger partial charge in [0.2, 0.25) is 0 Å². The van der Waals surface area contributed by atoms with Crippen molar-refractivity contribution < 1.29 is 0 Å². The molecule has 6 rings (SSSR count). The Morgan fingerprint density at radius 1 is 0.688 bits per heavy atom. The molecule has 0 amide bonds. The molecule has 4 aromatic rings. The first-order chi connectivity index (χ1) is 15.8. The van der Waals surface area contributed by atoms with Gasteiger partial charge in [0.15, 0.2) is 0 Å². The fourth-order valence-corrected chi connectivity index (χ4v) is 5.40. The molecule has 0 N–H and O–H groups in total. The first-order valence-corrected chi connectivity index (χ1v) is 11.8. The van der Waals surface area contributed by atoms with E-state index in [-0.39, 0.29) is 0 Å². The molecule has 1 unspecified atom stereocenters. The van der Waals surface area contributed by atoms with Crippen LogP contribution in [0.3, 0.4) is 0 Å². The summed E-state index contributed by atoms with van der Waals surface area (Å²) in [7, 11) is 0. The van der Waals surface area contributed by atoms with Gasteiger partial charge in [0.25, 0.3) is 0 Å². The van der Waals surface area contributed by atoms with Crippen molar-refractivity contribution in [3.8, 4) is 22.3 Å². The lowest BCUT2D eigenvalue weighted by Gasteiger charge is -2.24. The number of benzene rings is 4. The van der Waals surface area contributed by atoms with Gasteiger partial charge in [-0.25, -0.2) is 0 Å². The molecule has 2 heteroatoms. The number of nitrogens with zero attached hydrogens (tertiary/aromatic N) is 1. The van der Waals surface area contributed by atoms with Crippen LogP contribution in [-0.2, 0) is 0 Å². The zero-order chi connectivity index (χ0) is 21.5. The molecule has 0 saturated carbocycles. The molecule has 0 radical (unpaired) electrons. The quantitative estimate of drug-likeness (QED) is 0.285. The lowest BCUT2D eigenvalue weighted by atomic mass is 9.90. The fraction of sp³-hybridized carbons (Fsp3) is 0.0667. The third kappa shape index (κ3) is 3.32. The second-order valence-corrected chi connectivity index (χ2v) is 9.26. The van der Waals surface area contributed by atoms with E-state index in [9.17, 15) is 0 Å². The molecule has 2 aliphatic rings. The third-order valence-corrected chi connectivity index (χ3v) is 6.84. The number of fused-ring (bicyclic) bond motifs is 3. The number of allylic oxidation sites excluding steroid dienone is 4. The van der Waals surface area contributed by atoms with Gasteiger partial charge >= 0.3 is 0 Å². The summed E-state index contributed by atoms with van der Waals surface area (Å²) in [6.07, 6.45) is 7.79. The van der Waals surface area contributed by atoms with Crippen molar-refractivity contribution in [2.45, 2.75) is 12.3 Å². The standard InChI is InChI=1S/C30H22BrN/c31-25-18-23(21-9-3-1-4-10-21)17-24(19-25)22-15-16-30-28(20-22)27-13-7-8-14-29(27)32(30)26-11-5-2-6-12-26/h1-12,14-20,27H,13H2. The summed E-state index contributed by atoms with van der Waals surface area (Å²) < 4.78 is 1.10. The van der Waals surface area contributed by atoms with Crippen LogP contribution in [-0.4, -0.2) is 0 Å². The number of rotatable bonds is 3. The molecule has 1 atom stereocenters. The maximum absolute atomic E-state index is 3.74. The van der Waals surface area contributed by atoms with Gasteiger partial charge in [-0.2, -0.15) is 0 Å². The van der Waals surface area contributed by atoms with Crippen LogP contribution in [0.15, 0.2) is 125 Å². The lowest BCUT2D eigenvalue weighted by Crippen LogP contribution is -2.14. The van der Waals surface area contributed by atoms with Crippen LogP contribution in [0.4, 0.5) is 11.4 Å². The summed E-state index contributed by atoms with van der Waals surface area (Å²) in [5, 5.41) is 0. The summed E-state index contributed by atoms with van der Waals surface area (Å²) in [5.41, 5.74) is 10.2. The average Bonchev–Trinajstić information content (AvgIpc) is 3.18. The van der Waals surface area contributed by atoms with Crippen LogP contribution in [0.25, 0.3) is 22.3 Å². The highest BCUT2D eigenvalue weighted by Crippen LogP contribution is 2.51. The molecule has 32 heavy (non-hydrogen) atoms. The van der Waals surface area contributed by atoms with Gasteiger partial charge in [-0.1, -0.05) is 82.7 Å². The zero-order valence-corrected chi connectivity index (χ0v) is 19.2. The third-order valence-electron chi connectivity index (χ3n) is 6.39. The molecule has 4 aromatic carbocycles. The molecular formula is C30H22BrN. The smallest absolute Gasteiger partial charge is 0.0497 e. The maximum atomic E-state index is 3.74. The Hall–Kier alpha value is -3.36. The normalized spacial score (nSPS) is 16.5. The summed E-state index contributed by atoms with van der Waals surface area (Å²) in [5.74, 6) is 0.399. The molecule has 0 saturated heterocycles. The number of hydrogen-bond acceptors (Lipinski definition) is 1. The van der Waals surface area contributed by atoms with E-state index < -0.39 is 0 Å². The molecule has 0 bridgehead atoms. The minimum Gasteiger partial charge on any atom is -0.313 e. The Bertz CT molecular complexity index is 1350. The Morgan fingerprint density at radius 2 is 1.41 bits per heavy atom. The minimum absolute atomic E-state index is 0.399. The van der Waals surface area contributed by atoms with Gasteiger partial charge in [-0.3, -0.25) is 0 Å². The largest absolute Gasteiger partial charge is 0.313 e. The summed E-state index contributed by atoms with van der Waals surface area (Å²) in [4.78, 5) is 2.42. The van der Waals surface area contributed by atoms with Crippen LogP contribution in [0.1, 0.15) is 17.9 Å². The first-order valence-electron chi connectivity index (χ1n) is 11.0. The molecule has 0 fully saturated rings. The lowest BCUT2D eigenvalue weighted by molar-refractivity contribution is 0.820. The van der Waals surface area contributed by atoms with Crippen molar-refractivity contribution in [2.75, 3.05) is 4.90 Å². The van der Waals surface area contributed by atoms with E-state index in [1.165, 1.54) is 44.9 Å². The number of anilines is 2. The van der Waals surface area contributed by atoms with Gasteiger partial charge in [0.05, 0.1) is 0 Å². The SMILES string of the molecule is Brc1cc(-c2ccccc2)cc(-c2ccc3c(c2)C2CC=CC=C2N3c2ccccc2)c1. The topological polar surface area (TPSA) is 3.24 Å². The second kappa shape index (κ2) is 7.96. The summed E-state index contributed by atoms with van der Waals surface area (Å²) in [6, 6.07) is 34.9. The van der Waals surface area contributed by atoms with Crippen molar-refractivity contribution in [1.82, 2.24) is 0 Å². The van der Waals surface area contributed by atoms with E-state index >= 15 is 0 Å². The van der Waals surface area contributed by atoms with Crippen LogP contribution in [0.5, 0.6) is 0 Å². The Morgan fingerprint density at radius 3 is 2.19 bits per heavy atom. The van der Waals surface area contributed by atoms with Crippen molar-refractivity contribution in [3.05, 3.63) is 131 Å². The van der Waals surface area contributed by atoms with E-state index in [1.807, 2.05) is 0 Å². The van der Waals surface area contributed by atoms with Crippen LogP contribution in [0.2, 0.25) is 0 Å². The van der Waals surface area contributed by atoms with Crippen molar-refractivity contribution in [3.63, 3.8) is 0 Å². The Kier molecular flexibility index (Phi) is 4.81. The number of halogens is 1. The molecule has 1 nitrogen and oxygen atoms in total. The zero-order valence-electron chi connectivity index (χ0n) is 17.6. The molecule has 1 aliphatic heterocycles. The van der Waals surface area contributed by atoms with Gasteiger partial charge < -0.3 is 4.90 Å². The maximum Gasteiger partial charge on any atom is 0.0497 e. The molecular weight excluding hydrogens is 454 g/mol. The molecule has 0 aromatic heterocycles. The average molecular weight is 476 g/mol. The van der Waals surface area contributed by atoms with E-state index in [4.69, 9.17) is 0 Å². The highest BCUT2D eigenvalue weighted by Gasteiger charge is 2.34. The summed E-state index contributed by atoms with van der Waals surface area (Å²) >= 11 is 3.74. The predicted molar refractivity (Wildman–Crippen MR) is 138 cm³/mol. The highest BCUT2D eigenvalue weighted by molar-refractivity contribution is 9.10. The van der Waals surface area contributed by atoms with Crippen LogP contribution >= 0.6 is 15.9 Å².